The quantitative estimate of drug-likeness (QED) is 0.864. The van der Waals surface area contributed by atoms with Gasteiger partial charge in [-0.05, 0) is 64.3 Å². The van der Waals surface area contributed by atoms with E-state index in [2.05, 4.69) is 21.2 Å². The van der Waals surface area contributed by atoms with Crippen molar-refractivity contribution >= 4 is 15.9 Å². The third kappa shape index (κ3) is 2.89. The molecule has 1 heterocycles. The van der Waals surface area contributed by atoms with Crippen LogP contribution in [0.4, 0.5) is 4.39 Å². The maximum Gasteiger partial charge on any atom is 0.140 e. The molecule has 1 aliphatic heterocycles. The Morgan fingerprint density at radius 2 is 2.18 bits per heavy atom. The number of hydrogen-bond donors (Lipinski definition) is 1. The van der Waals surface area contributed by atoms with Gasteiger partial charge in [-0.3, -0.25) is 0 Å². The second kappa shape index (κ2) is 5.49. The number of piperidine rings is 1. The molecule has 0 amide bonds. The van der Waals surface area contributed by atoms with Crippen LogP contribution in [0.15, 0.2) is 16.6 Å². The molecule has 94 valence electrons. The average Bonchev–Trinajstić information content (AvgIpc) is 2.33. The summed E-state index contributed by atoms with van der Waals surface area (Å²) in [5, 5.41) is 3.41. The Hall–Kier alpha value is -0.410. The van der Waals surface area contributed by atoms with E-state index in [0.29, 0.717) is 10.4 Å². The van der Waals surface area contributed by atoms with Gasteiger partial charge in [-0.2, -0.15) is 0 Å². The van der Waals surface area contributed by atoms with E-state index >= 15 is 0 Å². The molecule has 0 saturated carbocycles. The summed E-state index contributed by atoms with van der Waals surface area (Å²) in [6.45, 7) is 6.19. The van der Waals surface area contributed by atoms with Crippen LogP contribution in [-0.4, -0.2) is 13.1 Å². The monoisotopic (exact) mass is 299 g/mol. The van der Waals surface area contributed by atoms with Gasteiger partial charge < -0.3 is 5.32 Å². The minimum absolute atomic E-state index is 0.104. The molecule has 0 aromatic heterocycles. The van der Waals surface area contributed by atoms with Crippen LogP contribution in [0, 0.1) is 5.82 Å². The van der Waals surface area contributed by atoms with Crippen molar-refractivity contribution in [2.75, 3.05) is 13.1 Å². The largest absolute Gasteiger partial charge is 0.316 e. The van der Waals surface area contributed by atoms with Crippen LogP contribution in [0.3, 0.4) is 0 Å². The first-order valence-corrected chi connectivity index (χ1v) is 7.08. The highest BCUT2D eigenvalue weighted by atomic mass is 79.9. The van der Waals surface area contributed by atoms with Gasteiger partial charge in [-0.1, -0.05) is 19.9 Å². The molecule has 1 nitrogen and oxygen atoms in total. The van der Waals surface area contributed by atoms with Crippen molar-refractivity contribution in [1.29, 1.82) is 0 Å². The summed E-state index contributed by atoms with van der Waals surface area (Å²) in [5.74, 6) is 0.647. The Balaban J connectivity index is 2.34. The Bertz CT molecular complexity index is 397. The van der Waals surface area contributed by atoms with Crippen LogP contribution in [0.1, 0.15) is 49.7 Å². The summed E-state index contributed by atoms with van der Waals surface area (Å²) in [5.41, 5.74) is 2.08. The van der Waals surface area contributed by atoms with E-state index in [9.17, 15) is 4.39 Å². The van der Waals surface area contributed by atoms with E-state index in [4.69, 9.17) is 0 Å². The molecule has 1 saturated heterocycles. The van der Waals surface area contributed by atoms with Crippen molar-refractivity contribution < 1.29 is 4.39 Å². The predicted octanol–water partition coefficient (Wildman–Crippen LogP) is 4.18. The molecule has 1 aromatic rings. The summed E-state index contributed by atoms with van der Waals surface area (Å²) in [6, 6.07) is 3.99. The lowest BCUT2D eigenvalue weighted by atomic mass is 9.89. The van der Waals surface area contributed by atoms with Gasteiger partial charge in [0.15, 0.2) is 0 Å². The zero-order valence-corrected chi connectivity index (χ0v) is 12.0. The average molecular weight is 300 g/mol. The minimum Gasteiger partial charge on any atom is -0.316 e. The Morgan fingerprint density at radius 3 is 2.76 bits per heavy atom. The number of hydrogen-bond acceptors (Lipinski definition) is 1. The van der Waals surface area contributed by atoms with Crippen LogP contribution in [0.5, 0.6) is 0 Å². The van der Waals surface area contributed by atoms with Gasteiger partial charge in [-0.25, -0.2) is 4.39 Å². The lowest BCUT2D eigenvalue weighted by Crippen LogP contribution is -2.28. The van der Waals surface area contributed by atoms with Gasteiger partial charge in [0.05, 0.1) is 4.47 Å². The molecule has 1 unspecified atom stereocenters. The molecule has 1 fully saturated rings. The highest BCUT2D eigenvalue weighted by Crippen LogP contribution is 2.32. The topological polar surface area (TPSA) is 12.0 Å². The van der Waals surface area contributed by atoms with E-state index in [-0.39, 0.29) is 11.7 Å². The van der Waals surface area contributed by atoms with Crippen molar-refractivity contribution in [3.8, 4) is 0 Å². The lowest BCUT2D eigenvalue weighted by molar-refractivity contribution is 0.460. The molecular weight excluding hydrogens is 281 g/mol. The molecule has 1 atom stereocenters. The zero-order valence-electron chi connectivity index (χ0n) is 10.4. The normalized spacial score (nSPS) is 20.9. The van der Waals surface area contributed by atoms with Crippen molar-refractivity contribution in [2.45, 2.75) is 38.5 Å². The fraction of sp³-hybridized carbons (Fsp3) is 0.571. The summed E-state index contributed by atoms with van der Waals surface area (Å²) in [7, 11) is 0. The van der Waals surface area contributed by atoms with E-state index in [0.717, 1.165) is 18.7 Å². The Morgan fingerprint density at radius 1 is 1.41 bits per heavy atom. The van der Waals surface area contributed by atoms with Gasteiger partial charge >= 0.3 is 0 Å². The summed E-state index contributed by atoms with van der Waals surface area (Å²) >= 11 is 3.34. The molecular formula is C14H19BrFN. The number of benzene rings is 1. The standard InChI is InChI=1S/C14H19BrFN/c1-9(2)12-6-11(7-13(15)14(12)16)10-4-3-5-17-8-10/h6-7,9-10,17H,3-5,8H2,1-2H3. The first kappa shape index (κ1) is 13.0. The molecule has 0 bridgehead atoms. The Kier molecular flexibility index (Phi) is 4.21. The molecule has 1 aliphatic rings. The predicted molar refractivity (Wildman–Crippen MR) is 73.0 cm³/mol. The zero-order chi connectivity index (χ0) is 12.4. The molecule has 17 heavy (non-hydrogen) atoms. The third-order valence-corrected chi connectivity index (χ3v) is 4.05. The second-order valence-corrected chi connectivity index (χ2v) is 5.96. The van der Waals surface area contributed by atoms with Gasteiger partial charge in [0, 0.05) is 6.54 Å². The van der Waals surface area contributed by atoms with Gasteiger partial charge in [0.2, 0.25) is 0 Å². The van der Waals surface area contributed by atoms with Gasteiger partial charge in [0.1, 0.15) is 5.82 Å². The summed E-state index contributed by atoms with van der Waals surface area (Å²) < 4.78 is 14.5. The van der Waals surface area contributed by atoms with Crippen LogP contribution in [0.25, 0.3) is 0 Å². The fourth-order valence-corrected chi connectivity index (χ4v) is 2.92. The molecule has 0 aliphatic carbocycles. The maximum atomic E-state index is 13.9. The summed E-state index contributed by atoms with van der Waals surface area (Å²) in [6.07, 6.45) is 2.40. The SMILES string of the molecule is CC(C)c1cc(C2CCCNC2)cc(Br)c1F. The molecule has 2 rings (SSSR count). The lowest BCUT2D eigenvalue weighted by Gasteiger charge is -2.24. The van der Waals surface area contributed by atoms with E-state index in [1.807, 2.05) is 26.0 Å². The van der Waals surface area contributed by atoms with Gasteiger partial charge in [0.25, 0.3) is 0 Å². The smallest absolute Gasteiger partial charge is 0.140 e. The molecule has 3 heteroatoms. The van der Waals surface area contributed by atoms with Crippen LogP contribution >= 0.6 is 15.9 Å². The van der Waals surface area contributed by atoms with E-state index in [1.165, 1.54) is 18.4 Å². The number of rotatable bonds is 2. The molecule has 1 N–H and O–H groups in total. The third-order valence-electron chi connectivity index (χ3n) is 3.47. The summed E-state index contributed by atoms with van der Waals surface area (Å²) in [4.78, 5) is 0. The Labute approximate surface area is 111 Å². The second-order valence-electron chi connectivity index (χ2n) is 5.10. The number of nitrogens with one attached hydrogen (secondary N) is 1. The van der Waals surface area contributed by atoms with Crippen LogP contribution in [-0.2, 0) is 0 Å². The van der Waals surface area contributed by atoms with Crippen LogP contribution in [0.2, 0.25) is 0 Å². The van der Waals surface area contributed by atoms with Gasteiger partial charge in [-0.15, -0.1) is 0 Å². The molecule has 0 spiro atoms. The highest BCUT2D eigenvalue weighted by Gasteiger charge is 2.19. The van der Waals surface area contributed by atoms with Crippen molar-refractivity contribution in [1.82, 2.24) is 5.32 Å². The maximum absolute atomic E-state index is 13.9. The van der Waals surface area contributed by atoms with Crippen molar-refractivity contribution in [2.24, 2.45) is 0 Å². The highest BCUT2D eigenvalue weighted by molar-refractivity contribution is 9.10. The first-order chi connectivity index (χ1) is 8.09. The van der Waals surface area contributed by atoms with E-state index < -0.39 is 0 Å². The van der Waals surface area contributed by atoms with Crippen molar-refractivity contribution in [3.63, 3.8) is 0 Å². The first-order valence-electron chi connectivity index (χ1n) is 6.29. The molecule has 1 aromatic carbocycles. The van der Waals surface area contributed by atoms with Crippen molar-refractivity contribution in [3.05, 3.63) is 33.5 Å². The fourth-order valence-electron chi connectivity index (χ4n) is 2.42. The van der Waals surface area contributed by atoms with E-state index in [1.54, 1.807) is 0 Å². The molecule has 0 radical (unpaired) electrons. The number of halogens is 2. The van der Waals surface area contributed by atoms with Crippen LogP contribution < -0.4 is 5.32 Å². The minimum atomic E-state index is -0.104.